The topological polar surface area (TPSA) is 114 Å². The van der Waals surface area contributed by atoms with Gasteiger partial charge in [-0.3, -0.25) is 9.69 Å². The van der Waals surface area contributed by atoms with Crippen molar-refractivity contribution in [2.24, 2.45) is 0 Å². The van der Waals surface area contributed by atoms with E-state index in [1.807, 2.05) is 0 Å². The predicted molar refractivity (Wildman–Crippen MR) is 194 cm³/mol. The van der Waals surface area contributed by atoms with E-state index in [4.69, 9.17) is 14.2 Å². The maximum atomic E-state index is 15.4. The second kappa shape index (κ2) is 16.3. The highest BCUT2D eigenvalue weighted by atomic mass is 19.4. The van der Waals surface area contributed by atoms with Crippen molar-refractivity contribution in [2.45, 2.75) is 91.0 Å². The lowest BCUT2D eigenvalue weighted by Gasteiger charge is -2.36. The predicted octanol–water partition coefficient (Wildman–Crippen LogP) is 7.51. The Morgan fingerprint density at radius 1 is 1.00 bits per heavy atom. The molecule has 2 aromatic carbocycles. The molecule has 0 radical (unpaired) electrons. The third kappa shape index (κ3) is 10.9. The number of ether oxygens (including phenoxy) is 3. The van der Waals surface area contributed by atoms with E-state index < -0.39 is 48.3 Å². The van der Waals surface area contributed by atoms with Crippen molar-refractivity contribution in [3.8, 4) is 17.6 Å². The summed E-state index contributed by atoms with van der Waals surface area (Å²) in [6.45, 7) is 10.7. The molecule has 0 bridgehead atoms. The average molecular weight is 746 g/mol. The number of benzene rings is 2. The first kappa shape index (κ1) is 40.6. The maximum absolute atomic E-state index is 15.4. The largest absolute Gasteiger partial charge is 0.495 e. The van der Waals surface area contributed by atoms with E-state index in [1.165, 1.54) is 47.2 Å². The summed E-state index contributed by atoms with van der Waals surface area (Å²) in [5.74, 6) is 5.45. The summed E-state index contributed by atoms with van der Waals surface area (Å²) in [5.41, 5.74) is -0.503. The zero-order valence-corrected chi connectivity index (χ0v) is 31.2. The molecular formula is C38H47F4N5O6. The van der Waals surface area contributed by atoms with Crippen molar-refractivity contribution in [2.75, 3.05) is 43.5 Å². The minimum atomic E-state index is -4.61. The smallest absolute Gasteiger partial charge is 0.415 e. The van der Waals surface area contributed by atoms with E-state index >= 15 is 4.39 Å². The van der Waals surface area contributed by atoms with Gasteiger partial charge in [0.1, 0.15) is 29.7 Å². The van der Waals surface area contributed by atoms with Gasteiger partial charge in [-0.15, -0.1) is 0 Å². The summed E-state index contributed by atoms with van der Waals surface area (Å²) in [7, 11) is 1.37. The third-order valence-corrected chi connectivity index (χ3v) is 7.95. The van der Waals surface area contributed by atoms with Gasteiger partial charge in [-0.2, -0.15) is 13.2 Å². The van der Waals surface area contributed by atoms with E-state index in [0.29, 0.717) is 17.6 Å². The van der Waals surface area contributed by atoms with Crippen molar-refractivity contribution in [1.29, 1.82) is 0 Å². The number of rotatable bonds is 8. The lowest BCUT2D eigenvalue weighted by Crippen LogP contribution is -2.51. The Kier molecular flexibility index (Phi) is 12.5. The molecule has 0 spiro atoms. The molecule has 0 saturated carbocycles. The van der Waals surface area contributed by atoms with Crippen LogP contribution in [0.5, 0.6) is 5.75 Å². The average Bonchev–Trinajstić information content (AvgIpc) is 3.38. The second-order valence-electron chi connectivity index (χ2n) is 14.6. The third-order valence-electron chi connectivity index (χ3n) is 7.95. The molecule has 3 amide bonds. The number of aromatic nitrogens is 1. The van der Waals surface area contributed by atoms with Crippen LogP contribution in [-0.2, 0) is 16.0 Å². The van der Waals surface area contributed by atoms with Gasteiger partial charge in [0.05, 0.1) is 43.1 Å². The molecule has 3 aromatic rings. The van der Waals surface area contributed by atoms with Gasteiger partial charge in [0.25, 0.3) is 5.91 Å². The number of hydrogen-bond donors (Lipinski definition) is 2. The molecule has 11 nitrogen and oxygen atoms in total. The summed E-state index contributed by atoms with van der Waals surface area (Å²) < 4.78 is 74.7. The number of likely N-dealkylation sites (tertiary alicyclic amines) is 1. The Morgan fingerprint density at radius 2 is 1.70 bits per heavy atom. The van der Waals surface area contributed by atoms with Gasteiger partial charge in [-0.25, -0.2) is 14.0 Å². The van der Waals surface area contributed by atoms with Gasteiger partial charge < -0.3 is 34.3 Å². The number of nitrogens with one attached hydrogen (secondary N) is 2. The summed E-state index contributed by atoms with van der Waals surface area (Å²) in [4.78, 5) is 40.9. The molecule has 0 unspecified atom stereocenters. The number of amides is 3. The Labute approximate surface area is 306 Å². The Hall–Kier alpha value is -5.13. The van der Waals surface area contributed by atoms with Gasteiger partial charge in [0.15, 0.2) is 0 Å². The van der Waals surface area contributed by atoms with Crippen LogP contribution in [0.3, 0.4) is 0 Å². The van der Waals surface area contributed by atoms with Crippen LogP contribution in [0.4, 0.5) is 38.5 Å². The number of methoxy groups -OCH3 is 1. The van der Waals surface area contributed by atoms with Gasteiger partial charge in [-0.05, 0) is 97.2 Å². The summed E-state index contributed by atoms with van der Waals surface area (Å²) in [5, 5.41) is 6.22. The normalized spacial score (nSPS) is 16.3. The zero-order valence-electron chi connectivity index (χ0n) is 31.2. The highest BCUT2D eigenvalue weighted by Gasteiger charge is 2.35. The quantitative estimate of drug-likeness (QED) is 0.181. The lowest BCUT2D eigenvalue weighted by molar-refractivity contribution is -0.140. The molecule has 2 atom stereocenters. The summed E-state index contributed by atoms with van der Waals surface area (Å²) >= 11 is 0. The maximum Gasteiger partial charge on any atom is 0.415 e. The van der Waals surface area contributed by atoms with E-state index in [2.05, 4.69) is 22.5 Å². The molecule has 288 valence electrons. The molecule has 1 aliphatic rings. The summed E-state index contributed by atoms with van der Waals surface area (Å²) in [6, 6.07) is 9.96. The Bertz CT molecular complexity index is 1870. The van der Waals surface area contributed by atoms with Crippen molar-refractivity contribution < 1.29 is 46.2 Å². The van der Waals surface area contributed by atoms with Crippen molar-refractivity contribution >= 4 is 40.4 Å². The second-order valence-corrected chi connectivity index (χ2v) is 14.6. The van der Waals surface area contributed by atoms with Crippen LogP contribution in [0.25, 0.3) is 10.9 Å². The molecule has 15 heteroatoms. The first-order valence-electron chi connectivity index (χ1n) is 17.2. The van der Waals surface area contributed by atoms with Crippen LogP contribution in [0.2, 0.25) is 0 Å². The fourth-order valence-electron chi connectivity index (χ4n) is 5.70. The number of alkyl halides is 4. The minimum Gasteiger partial charge on any atom is -0.495 e. The first-order chi connectivity index (χ1) is 24.7. The molecule has 1 fully saturated rings. The number of hydrogen-bond acceptors (Lipinski definition) is 7. The van der Waals surface area contributed by atoms with Crippen molar-refractivity contribution in [1.82, 2.24) is 14.8 Å². The molecule has 4 rings (SSSR count). The molecule has 2 heterocycles. The molecule has 0 aliphatic carbocycles. The highest BCUT2D eigenvalue weighted by molar-refractivity contribution is 5.97. The number of carbonyl (C=O) groups is 3. The number of nitrogens with zero attached hydrogens (tertiary/aromatic N) is 3. The van der Waals surface area contributed by atoms with Crippen molar-refractivity contribution in [3.63, 3.8) is 0 Å². The molecular weight excluding hydrogens is 698 g/mol. The van der Waals surface area contributed by atoms with Gasteiger partial charge >= 0.3 is 18.4 Å². The Morgan fingerprint density at radius 3 is 2.30 bits per heavy atom. The van der Waals surface area contributed by atoms with Crippen LogP contribution in [0.15, 0.2) is 42.5 Å². The van der Waals surface area contributed by atoms with Crippen LogP contribution in [0.1, 0.15) is 70.9 Å². The fraction of sp³-hybridized carbons (Fsp3) is 0.500. The number of halogens is 4. The summed E-state index contributed by atoms with van der Waals surface area (Å²) in [6.07, 6.45) is -7.26. The SMILES string of the molecule is CCNC(=O)c1ccc(N(CC#Cc2cc3c(N[C@@H]4CCN(C(=O)OC(C)(C)C)C[C@@H]4F)cccc3n2CC(F)(F)F)C(=O)OC(C)(C)C)c(OC)c1. The molecule has 53 heavy (non-hydrogen) atoms. The number of fused-ring (bicyclic) bond motifs is 1. The first-order valence-corrected chi connectivity index (χ1v) is 17.2. The van der Waals surface area contributed by atoms with Crippen LogP contribution in [0, 0.1) is 11.8 Å². The Balaban J connectivity index is 1.68. The zero-order chi connectivity index (χ0) is 39.3. The van der Waals surface area contributed by atoms with Crippen LogP contribution >= 0.6 is 0 Å². The fourth-order valence-corrected chi connectivity index (χ4v) is 5.70. The molecule has 1 aliphatic heterocycles. The minimum absolute atomic E-state index is 0.00538. The molecule has 1 aromatic heterocycles. The number of anilines is 2. The van der Waals surface area contributed by atoms with E-state index in [0.717, 1.165) is 4.57 Å². The van der Waals surface area contributed by atoms with Crippen molar-refractivity contribution in [3.05, 3.63) is 53.7 Å². The molecule has 2 N–H and O–H groups in total. The molecule has 1 saturated heterocycles. The number of piperidine rings is 1. The van der Waals surface area contributed by atoms with E-state index in [-0.39, 0.29) is 60.2 Å². The van der Waals surface area contributed by atoms with E-state index in [9.17, 15) is 27.6 Å². The highest BCUT2D eigenvalue weighted by Crippen LogP contribution is 2.33. The lowest BCUT2D eigenvalue weighted by atomic mass is 10.0. The van der Waals surface area contributed by atoms with Gasteiger partial charge in [0, 0.05) is 29.7 Å². The van der Waals surface area contributed by atoms with Crippen LogP contribution < -0.4 is 20.3 Å². The standard InChI is InChI=1S/C38H47F4N5O6/c1-9-43-33(48)24-15-16-31(32(20-24)51-8)46(35(50)53-37(5,6)7)18-11-12-25-21-26-28(13-10-14-30(26)47(25)23-38(40,41)42)44-29-17-19-45(22-27(29)39)34(49)52-36(2,3)4/h10,13-16,20-21,27,29,44H,9,17-19,22-23H2,1-8H3,(H,43,48)/t27-,29+/m0/s1. The van der Waals surface area contributed by atoms with E-state index in [1.54, 1.807) is 60.6 Å². The van der Waals surface area contributed by atoms with Gasteiger partial charge in [0.2, 0.25) is 0 Å². The number of carbonyl (C=O) groups excluding carboxylic acids is 3. The monoisotopic (exact) mass is 745 g/mol. The van der Waals surface area contributed by atoms with Gasteiger partial charge in [-0.1, -0.05) is 12.0 Å². The van der Waals surface area contributed by atoms with Crippen LogP contribution in [-0.4, -0.2) is 90.4 Å².